The summed E-state index contributed by atoms with van der Waals surface area (Å²) in [5.41, 5.74) is 0.608. The van der Waals surface area contributed by atoms with Crippen molar-refractivity contribution in [1.29, 1.82) is 0 Å². The van der Waals surface area contributed by atoms with Gasteiger partial charge in [-0.2, -0.15) is 8.78 Å². The number of aliphatic imine (C=N–C) groups is 1. The molecule has 27 heavy (non-hydrogen) atoms. The molecule has 6 nitrogen and oxygen atoms in total. The van der Waals surface area contributed by atoms with Crippen molar-refractivity contribution in [1.82, 2.24) is 15.5 Å². The zero-order valence-corrected chi connectivity index (χ0v) is 16.6. The third-order valence-electron chi connectivity index (χ3n) is 4.25. The Hall–Kier alpha value is -1.93. The van der Waals surface area contributed by atoms with Gasteiger partial charge in [-0.15, -0.1) is 0 Å². The fourth-order valence-corrected chi connectivity index (χ4v) is 2.71. The van der Waals surface area contributed by atoms with Crippen molar-refractivity contribution in [3.63, 3.8) is 0 Å². The van der Waals surface area contributed by atoms with E-state index in [1.165, 1.54) is 12.1 Å². The van der Waals surface area contributed by atoms with Crippen LogP contribution in [0.1, 0.15) is 39.4 Å². The van der Waals surface area contributed by atoms with Crippen LogP contribution >= 0.6 is 0 Å². The predicted octanol–water partition coefficient (Wildman–Crippen LogP) is 2.61. The first-order chi connectivity index (χ1) is 12.9. The Morgan fingerprint density at radius 3 is 2.30 bits per heavy atom. The predicted molar refractivity (Wildman–Crippen MR) is 104 cm³/mol. The zero-order valence-electron chi connectivity index (χ0n) is 16.6. The molecule has 0 amide bonds. The maximum absolute atomic E-state index is 12.2. The summed E-state index contributed by atoms with van der Waals surface area (Å²) in [5.74, 6) is 0.697. The number of alkyl halides is 2. The quantitative estimate of drug-likeness (QED) is 0.403. The summed E-state index contributed by atoms with van der Waals surface area (Å²) in [5, 5.41) is 16.6. The van der Waals surface area contributed by atoms with Gasteiger partial charge in [0.05, 0.1) is 12.6 Å². The number of aliphatic hydroxyl groups excluding tert-OH is 1. The maximum atomic E-state index is 12.2. The second-order valence-corrected chi connectivity index (χ2v) is 6.13. The van der Waals surface area contributed by atoms with Gasteiger partial charge in [-0.25, -0.2) is 0 Å². The highest BCUT2D eigenvalue weighted by atomic mass is 19.3. The van der Waals surface area contributed by atoms with Crippen molar-refractivity contribution < 1.29 is 18.6 Å². The van der Waals surface area contributed by atoms with Crippen molar-refractivity contribution in [2.24, 2.45) is 4.99 Å². The molecule has 1 aromatic rings. The molecule has 8 heteroatoms. The molecule has 0 saturated heterocycles. The van der Waals surface area contributed by atoms with E-state index in [1.54, 1.807) is 12.1 Å². The van der Waals surface area contributed by atoms with Crippen LogP contribution in [0.2, 0.25) is 0 Å². The van der Waals surface area contributed by atoms with Gasteiger partial charge < -0.3 is 20.5 Å². The molecule has 2 atom stereocenters. The summed E-state index contributed by atoms with van der Waals surface area (Å²) < 4.78 is 28.7. The second kappa shape index (κ2) is 12.5. The van der Waals surface area contributed by atoms with Crippen LogP contribution in [0.25, 0.3) is 0 Å². The lowest BCUT2D eigenvalue weighted by atomic mass is 10.1. The van der Waals surface area contributed by atoms with Gasteiger partial charge in [-0.05, 0) is 44.6 Å². The van der Waals surface area contributed by atoms with Crippen LogP contribution in [0.5, 0.6) is 5.75 Å². The minimum atomic E-state index is -2.86. The Bertz CT molecular complexity index is 551. The molecule has 0 aliphatic rings. The molecule has 1 rings (SSSR count). The summed E-state index contributed by atoms with van der Waals surface area (Å²) in [4.78, 5) is 6.91. The first-order valence-corrected chi connectivity index (χ1v) is 9.40. The molecule has 0 spiro atoms. The van der Waals surface area contributed by atoms with Crippen molar-refractivity contribution in [2.45, 2.75) is 46.5 Å². The topological polar surface area (TPSA) is 69.1 Å². The minimum absolute atomic E-state index is 0.0641. The Morgan fingerprint density at radius 2 is 1.78 bits per heavy atom. The van der Waals surface area contributed by atoms with Crippen LogP contribution < -0.4 is 15.4 Å². The summed E-state index contributed by atoms with van der Waals surface area (Å²) in [6.45, 7) is 9.06. The number of aliphatic hydroxyl groups is 1. The van der Waals surface area contributed by atoms with Gasteiger partial charge in [0.15, 0.2) is 5.96 Å². The van der Waals surface area contributed by atoms with Gasteiger partial charge in [0, 0.05) is 19.1 Å². The lowest BCUT2D eigenvalue weighted by molar-refractivity contribution is -0.0498. The third kappa shape index (κ3) is 8.53. The minimum Gasteiger partial charge on any atom is -0.435 e. The van der Waals surface area contributed by atoms with Crippen LogP contribution in [-0.2, 0) is 0 Å². The summed E-state index contributed by atoms with van der Waals surface area (Å²) in [7, 11) is 0. The standard InChI is InChI=1S/C19H32F2N4O2/c1-5-22-19(23-12-14(4)25(6-2)7-3)24-13-17(26)15-8-10-16(11-9-15)27-18(20)21/h8-11,14,17-18,26H,5-7,12-13H2,1-4H3,(H2,22,23,24). The fraction of sp³-hybridized carbons (Fsp3) is 0.632. The molecule has 0 bridgehead atoms. The molecule has 154 valence electrons. The first-order valence-electron chi connectivity index (χ1n) is 9.40. The lowest BCUT2D eigenvalue weighted by Gasteiger charge is -2.25. The van der Waals surface area contributed by atoms with Crippen LogP contribution in [0.4, 0.5) is 8.78 Å². The van der Waals surface area contributed by atoms with Gasteiger partial charge in [0.25, 0.3) is 0 Å². The van der Waals surface area contributed by atoms with E-state index in [4.69, 9.17) is 0 Å². The van der Waals surface area contributed by atoms with Crippen LogP contribution in [0.3, 0.4) is 0 Å². The number of likely N-dealkylation sites (N-methyl/N-ethyl adjacent to an activating group) is 1. The summed E-state index contributed by atoms with van der Waals surface area (Å²) >= 11 is 0. The monoisotopic (exact) mass is 386 g/mol. The Kier molecular flexibility index (Phi) is 10.7. The molecular weight excluding hydrogens is 354 g/mol. The molecule has 0 aliphatic carbocycles. The van der Waals surface area contributed by atoms with Crippen LogP contribution in [0.15, 0.2) is 29.3 Å². The largest absolute Gasteiger partial charge is 0.435 e. The number of guanidine groups is 1. The zero-order chi connectivity index (χ0) is 20.2. The SMILES string of the molecule is CCNC(=NCC(C)N(CC)CC)NCC(O)c1ccc(OC(F)F)cc1. The summed E-state index contributed by atoms with van der Waals surface area (Å²) in [6, 6.07) is 6.28. The number of nitrogens with zero attached hydrogens (tertiary/aromatic N) is 2. The number of hydrogen-bond acceptors (Lipinski definition) is 4. The van der Waals surface area contributed by atoms with Gasteiger partial charge in [0.2, 0.25) is 0 Å². The van der Waals surface area contributed by atoms with Crippen molar-refractivity contribution in [2.75, 3.05) is 32.7 Å². The molecule has 3 N–H and O–H groups in total. The van der Waals surface area contributed by atoms with Gasteiger partial charge in [-0.3, -0.25) is 9.89 Å². The molecule has 0 saturated carbocycles. The first kappa shape index (κ1) is 23.1. The maximum Gasteiger partial charge on any atom is 0.387 e. The van der Waals surface area contributed by atoms with Crippen LogP contribution in [-0.4, -0.2) is 61.3 Å². The van der Waals surface area contributed by atoms with E-state index >= 15 is 0 Å². The highest BCUT2D eigenvalue weighted by Crippen LogP contribution is 2.18. The van der Waals surface area contributed by atoms with E-state index in [-0.39, 0.29) is 12.3 Å². The van der Waals surface area contributed by atoms with Crippen molar-refractivity contribution in [3.05, 3.63) is 29.8 Å². The number of benzene rings is 1. The number of rotatable bonds is 11. The highest BCUT2D eigenvalue weighted by Gasteiger charge is 2.12. The van der Waals surface area contributed by atoms with Crippen LogP contribution in [0, 0.1) is 0 Å². The number of hydrogen-bond donors (Lipinski definition) is 3. The molecule has 1 aromatic carbocycles. The number of nitrogens with one attached hydrogen (secondary N) is 2. The molecule has 2 unspecified atom stereocenters. The van der Waals surface area contributed by atoms with Crippen molar-refractivity contribution in [3.8, 4) is 5.75 Å². The van der Waals surface area contributed by atoms with E-state index in [0.717, 1.165) is 13.1 Å². The van der Waals surface area contributed by atoms with Gasteiger partial charge in [0.1, 0.15) is 5.75 Å². The molecule has 0 aromatic heterocycles. The highest BCUT2D eigenvalue weighted by molar-refractivity contribution is 5.79. The number of ether oxygens (including phenoxy) is 1. The smallest absolute Gasteiger partial charge is 0.387 e. The van der Waals surface area contributed by atoms with E-state index in [2.05, 4.69) is 46.0 Å². The molecule has 0 aliphatic heterocycles. The Balaban J connectivity index is 2.60. The van der Waals surface area contributed by atoms with E-state index in [9.17, 15) is 13.9 Å². The molecule has 0 fully saturated rings. The third-order valence-corrected chi connectivity index (χ3v) is 4.25. The molecule has 0 radical (unpaired) electrons. The average molecular weight is 386 g/mol. The number of halogens is 2. The Labute approximate surface area is 160 Å². The van der Waals surface area contributed by atoms with E-state index in [0.29, 0.717) is 30.7 Å². The summed E-state index contributed by atoms with van der Waals surface area (Å²) in [6.07, 6.45) is -0.797. The lowest BCUT2D eigenvalue weighted by Crippen LogP contribution is -2.41. The average Bonchev–Trinajstić information content (AvgIpc) is 2.64. The molecule has 0 heterocycles. The van der Waals surface area contributed by atoms with E-state index in [1.807, 2.05) is 6.92 Å². The normalized spacial score (nSPS) is 14.3. The second-order valence-electron chi connectivity index (χ2n) is 6.13. The van der Waals surface area contributed by atoms with Gasteiger partial charge in [-0.1, -0.05) is 26.0 Å². The van der Waals surface area contributed by atoms with E-state index < -0.39 is 12.7 Å². The van der Waals surface area contributed by atoms with Gasteiger partial charge >= 0.3 is 6.61 Å². The molecular formula is C19H32F2N4O2. The van der Waals surface area contributed by atoms with Crippen molar-refractivity contribution >= 4 is 5.96 Å². The Morgan fingerprint density at radius 1 is 1.15 bits per heavy atom. The fourth-order valence-electron chi connectivity index (χ4n) is 2.71.